The van der Waals surface area contributed by atoms with Crippen LogP contribution < -0.4 is 0 Å². The van der Waals surface area contributed by atoms with Crippen molar-refractivity contribution < 1.29 is 12.6 Å². The summed E-state index contributed by atoms with van der Waals surface area (Å²) in [6, 6.07) is 0.510. The van der Waals surface area contributed by atoms with E-state index < -0.39 is 10.1 Å². The first-order valence-corrected chi connectivity index (χ1v) is 6.66. The van der Waals surface area contributed by atoms with Gasteiger partial charge in [0, 0.05) is 11.8 Å². The molecular weight excluding hydrogens is 216 g/mol. The molecule has 0 unspecified atom stereocenters. The number of hydrogen-bond acceptors (Lipinski definition) is 4. The molecule has 0 spiro atoms. The van der Waals surface area contributed by atoms with Crippen LogP contribution in [0.3, 0.4) is 0 Å². The van der Waals surface area contributed by atoms with E-state index in [0.717, 1.165) is 30.4 Å². The summed E-state index contributed by atoms with van der Waals surface area (Å²) in [5.41, 5.74) is 1.68. The summed E-state index contributed by atoms with van der Waals surface area (Å²) >= 11 is 0. The Labute approximate surface area is 89.2 Å². The molecule has 0 bridgehead atoms. The molecule has 0 atom stereocenters. The van der Waals surface area contributed by atoms with Crippen molar-refractivity contribution in [3.8, 4) is 0 Å². The first-order chi connectivity index (χ1) is 6.96. The lowest BCUT2D eigenvalue weighted by atomic mass is 10.3. The second-order valence-corrected chi connectivity index (χ2v) is 5.56. The molecule has 0 N–H and O–H groups in total. The first-order valence-electron chi connectivity index (χ1n) is 4.85. The minimum atomic E-state index is -3.37. The highest BCUT2D eigenvalue weighted by atomic mass is 32.2. The van der Waals surface area contributed by atoms with Gasteiger partial charge in [0.1, 0.15) is 0 Å². The molecule has 0 radical (unpaired) electrons. The minimum absolute atomic E-state index is 0.0807. The normalized spacial score (nSPS) is 16.9. The van der Waals surface area contributed by atoms with Gasteiger partial charge >= 0.3 is 0 Å². The van der Waals surface area contributed by atoms with E-state index in [1.54, 1.807) is 0 Å². The molecule has 84 valence electrons. The molecule has 6 heteroatoms. The van der Waals surface area contributed by atoms with E-state index >= 15 is 0 Å². The van der Waals surface area contributed by atoms with Crippen LogP contribution in [0.15, 0.2) is 6.20 Å². The van der Waals surface area contributed by atoms with Gasteiger partial charge in [0.15, 0.2) is 0 Å². The Morgan fingerprint density at radius 1 is 1.60 bits per heavy atom. The fourth-order valence-electron chi connectivity index (χ4n) is 1.36. The highest BCUT2D eigenvalue weighted by molar-refractivity contribution is 7.85. The highest BCUT2D eigenvalue weighted by Crippen LogP contribution is 2.34. The summed E-state index contributed by atoms with van der Waals surface area (Å²) in [4.78, 5) is 0. The predicted molar refractivity (Wildman–Crippen MR) is 54.9 cm³/mol. The van der Waals surface area contributed by atoms with Crippen LogP contribution in [-0.2, 0) is 20.9 Å². The summed E-state index contributed by atoms with van der Waals surface area (Å²) in [5, 5.41) is 4.32. The smallest absolute Gasteiger partial charge is 0.264 e. The van der Waals surface area contributed by atoms with Gasteiger partial charge in [0.05, 0.1) is 24.6 Å². The third-order valence-corrected chi connectivity index (χ3v) is 2.91. The first kappa shape index (κ1) is 10.6. The maximum absolute atomic E-state index is 10.8. The fourth-order valence-corrected chi connectivity index (χ4v) is 1.70. The summed E-state index contributed by atoms with van der Waals surface area (Å²) in [5.74, 6) is 0. The van der Waals surface area contributed by atoms with Gasteiger partial charge in [0.25, 0.3) is 10.1 Å². The Morgan fingerprint density at radius 2 is 2.27 bits per heavy atom. The summed E-state index contributed by atoms with van der Waals surface area (Å²) in [6.45, 7) is 1.94. The Balaban J connectivity index is 2.07. The molecule has 1 heterocycles. The Hall–Kier alpha value is -0.880. The Morgan fingerprint density at radius 3 is 2.80 bits per heavy atom. The quantitative estimate of drug-likeness (QED) is 0.724. The largest absolute Gasteiger partial charge is 0.269 e. The standard InChI is InChI=1S/C9H14N2O3S/c1-7-8(6-14-15(2,12)13)5-11(10-7)9-3-4-9/h5,9H,3-4,6H2,1-2H3. The SMILES string of the molecule is Cc1nn(C2CC2)cc1COS(C)(=O)=O. The summed E-state index contributed by atoms with van der Waals surface area (Å²) in [6.07, 6.45) is 5.24. The van der Waals surface area contributed by atoms with Crippen LogP contribution >= 0.6 is 0 Å². The molecule has 0 amide bonds. The van der Waals surface area contributed by atoms with Gasteiger partial charge in [-0.05, 0) is 19.8 Å². The topological polar surface area (TPSA) is 61.2 Å². The van der Waals surface area contributed by atoms with Crippen LogP contribution in [-0.4, -0.2) is 24.5 Å². The fraction of sp³-hybridized carbons (Fsp3) is 0.667. The molecule has 1 aromatic rings. The third kappa shape index (κ3) is 2.79. The van der Waals surface area contributed by atoms with Crippen LogP contribution in [0, 0.1) is 6.92 Å². The zero-order valence-electron chi connectivity index (χ0n) is 8.80. The zero-order chi connectivity index (χ0) is 11.1. The lowest BCUT2D eigenvalue weighted by Crippen LogP contribution is -2.02. The minimum Gasteiger partial charge on any atom is -0.269 e. The third-order valence-electron chi connectivity index (χ3n) is 2.37. The monoisotopic (exact) mass is 230 g/mol. The molecule has 1 saturated carbocycles. The number of rotatable bonds is 4. The van der Waals surface area contributed by atoms with Crippen molar-refractivity contribution >= 4 is 10.1 Å². The van der Waals surface area contributed by atoms with Crippen LogP contribution in [0.1, 0.15) is 30.1 Å². The summed E-state index contributed by atoms with van der Waals surface area (Å²) in [7, 11) is -3.37. The van der Waals surface area contributed by atoms with E-state index in [1.807, 2.05) is 17.8 Å². The lowest BCUT2D eigenvalue weighted by Gasteiger charge is -1.98. The van der Waals surface area contributed by atoms with Crippen LogP contribution in [0.5, 0.6) is 0 Å². The van der Waals surface area contributed by atoms with Crippen molar-refractivity contribution in [2.45, 2.75) is 32.4 Å². The molecule has 1 aliphatic carbocycles. The van der Waals surface area contributed by atoms with E-state index in [2.05, 4.69) is 5.10 Å². The van der Waals surface area contributed by atoms with Gasteiger partial charge in [-0.1, -0.05) is 0 Å². The highest BCUT2D eigenvalue weighted by Gasteiger charge is 2.25. The number of hydrogen-bond donors (Lipinski definition) is 0. The van der Waals surface area contributed by atoms with Gasteiger partial charge in [0.2, 0.25) is 0 Å². The average molecular weight is 230 g/mol. The van der Waals surface area contributed by atoms with Gasteiger partial charge in [-0.15, -0.1) is 0 Å². The maximum Gasteiger partial charge on any atom is 0.264 e. The van der Waals surface area contributed by atoms with Gasteiger partial charge in [-0.3, -0.25) is 8.86 Å². The Kier molecular flexibility index (Phi) is 2.56. The lowest BCUT2D eigenvalue weighted by molar-refractivity contribution is 0.311. The second-order valence-electron chi connectivity index (χ2n) is 3.92. The summed E-state index contributed by atoms with van der Waals surface area (Å²) < 4.78 is 28.3. The molecule has 1 fully saturated rings. The molecule has 0 aliphatic heterocycles. The molecule has 0 aromatic carbocycles. The van der Waals surface area contributed by atoms with Gasteiger partial charge in [-0.25, -0.2) is 0 Å². The van der Waals surface area contributed by atoms with Crippen molar-refractivity contribution in [2.24, 2.45) is 0 Å². The average Bonchev–Trinajstić information content (AvgIpc) is 2.87. The second kappa shape index (κ2) is 3.61. The van der Waals surface area contributed by atoms with Crippen molar-refractivity contribution in [1.82, 2.24) is 9.78 Å². The van der Waals surface area contributed by atoms with Gasteiger partial charge < -0.3 is 0 Å². The van der Waals surface area contributed by atoms with Gasteiger partial charge in [-0.2, -0.15) is 13.5 Å². The predicted octanol–water partition coefficient (Wildman–Crippen LogP) is 1.00. The molecule has 1 aromatic heterocycles. The van der Waals surface area contributed by atoms with E-state index in [4.69, 9.17) is 4.18 Å². The number of nitrogens with zero attached hydrogens (tertiary/aromatic N) is 2. The van der Waals surface area contributed by atoms with E-state index in [-0.39, 0.29) is 6.61 Å². The van der Waals surface area contributed by atoms with Crippen molar-refractivity contribution in [3.63, 3.8) is 0 Å². The molecule has 2 rings (SSSR count). The molecular formula is C9H14N2O3S. The maximum atomic E-state index is 10.8. The van der Waals surface area contributed by atoms with Crippen molar-refractivity contribution in [2.75, 3.05) is 6.26 Å². The molecule has 15 heavy (non-hydrogen) atoms. The van der Waals surface area contributed by atoms with E-state index in [9.17, 15) is 8.42 Å². The zero-order valence-corrected chi connectivity index (χ0v) is 9.62. The van der Waals surface area contributed by atoms with Crippen LogP contribution in [0.2, 0.25) is 0 Å². The number of aromatic nitrogens is 2. The van der Waals surface area contributed by atoms with Crippen LogP contribution in [0.4, 0.5) is 0 Å². The Bertz CT molecular complexity index is 460. The van der Waals surface area contributed by atoms with E-state index in [0.29, 0.717) is 6.04 Å². The molecule has 5 nitrogen and oxygen atoms in total. The van der Waals surface area contributed by atoms with Crippen molar-refractivity contribution in [1.29, 1.82) is 0 Å². The van der Waals surface area contributed by atoms with Crippen LogP contribution in [0.25, 0.3) is 0 Å². The number of aryl methyl sites for hydroxylation is 1. The molecule has 1 aliphatic rings. The molecule has 0 saturated heterocycles. The van der Waals surface area contributed by atoms with Crippen molar-refractivity contribution in [3.05, 3.63) is 17.5 Å². The van der Waals surface area contributed by atoms with E-state index in [1.165, 1.54) is 0 Å².